The van der Waals surface area contributed by atoms with Crippen molar-refractivity contribution in [1.82, 2.24) is 0 Å². The van der Waals surface area contributed by atoms with Crippen LogP contribution in [0.2, 0.25) is 0 Å². The topological polar surface area (TPSA) is 0 Å². The average Bonchev–Trinajstić information content (AvgIpc) is 1.39. The molecule has 0 aliphatic carbocycles. The summed E-state index contributed by atoms with van der Waals surface area (Å²) in [6, 6.07) is 0. The normalized spacial score (nSPS) is 6.00. The van der Waals surface area contributed by atoms with Crippen LogP contribution in [0.15, 0.2) is 0 Å². The fourth-order valence-corrected chi connectivity index (χ4v) is 0. The van der Waals surface area contributed by atoms with E-state index in [1.807, 2.05) is 13.8 Å². The third-order valence-corrected chi connectivity index (χ3v) is 0. The fourth-order valence-electron chi connectivity index (χ4n) is 0. The van der Waals surface area contributed by atoms with Crippen LogP contribution in [-0.4, -0.2) is 10.7 Å². The predicted molar refractivity (Wildman–Crippen MR) is 38.9 cm³/mol. The summed E-state index contributed by atoms with van der Waals surface area (Å²) in [5.74, 6) is 0. The van der Waals surface area contributed by atoms with E-state index in [0.29, 0.717) is 0 Å². The van der Waals surface area contributed by atoms with E-state index in [1.54, 1.807) is 0 Å². The van der Waals surface area contributed by atoms with Gasteiger partial charge in [0.05, 0.1) is 0 Å². The number of rotatable bonds is 0. The molecular formula is C4H10Br2. The van der Waals surface area contributed by atoms with Crippen molar-refractivity contribution in [2.24, 2.45) is 0 Å². The summed E-state index contributed by atoms with van der Waals surface area (Å²) in [7, 11) is 0. The summed E-state index contributed by atoms with van der Waals surface area (Å²) < 4.78 is 0. The zero-order chi connectivity index (χ0) is 5.41. The van der Waals surface area contributed by atoms with Crippen molar-refractivity contribution in [1.29, 1.82) is 0 Å². The highest BCUT2D eigenvalue weighted by Crippen LogP contribution is 1.67. The van der Waals surface area contributed by atoms with Gasteiger partial charge in [-0.1, -0.05) is 45.7 Å². The highest BCUT2D eigenvalue weighted by atomic mass is 79.9. The minimum absolute atomic E-state index is 1.06. The van der Waals surface area contributed by atoms with E-state index in [0.717, 1.165) is 10.7 Å². The Balaban J connectivity index is 0. The van der Waals surface area contributed by atoms with Crippen molar-refractivity contribution < 1.29 is 0 Å². The van der Waals surface area contributed by atoms with Gasteiger partial charge in [0.1, 0.15) is 0 Å². The van der Waals surface area contributed by atoms with Crippen molar-refractivity contribution in [2.45, 2.75) is 13.8 Å². The van der Waals surface area contributed by atoms with E-state index in [2.05, 4.69) is 31.9 Å². The highest BCUT2D eigenvalue weighted by molar-refractivity contribution is 9.09. The Labute approximate surface area is 56.6 Å². The largest absolute Gasteiger partial charge is 0.0931 e. The summed E-state index contributed by atoms with van der Waals surface area (Å²) in [5, 5.41) is 2.12. The van der Waals surface area contributed by atoms with Crippen LogP contribution in [0.3, 0.4) is 0 Å². The van der Waals surface area contributed by atoms with Crippen LogP contribution in [0.5, 0.6) is 0 Å². The first-order chi connectivity index (χ1) is 2.83. The molecule has 0 radical (unpaired) electrons. The van der Waals surface area contributed by atoms with Crippen molar-refractivity contribution in [3.8, 4) is 0 Å². The zero-order valence-electron chi connectivity index (χ0n) is 4.17. The van der Waals surface area contributed by atoms with Crippen molar-refractivity contribution in [3.63, 3.8) is 0 Å². The molecule has 0 unspecified atom stereocenters. The molecule has 0 nitrogen and oxygen atoms in total. The molecule has 0 rings (SSSR count). The van der Waals surface area contributed by atoms with Crippen LogP contribution in [0.1, 0.15) is 13.8 Å². The van der Waals surface area contributed by atoms with Gasteiger partial charge in [-0.05, 0) is 0 Å². The molecule has 6 heavy (non-hydrogen) atoms. The molecule has 0 amide bonds. The Morgan fingerprint density at radius 1 is 1.00 bits per heavy atom. The molecule has 0 spiro atoms. The molecule has 40 valence electrons. The summed E-state index contributed by atoms with van der Waals surface area (Å²) in [6.45, 7) is 4.08. The SMILES string of the molecule is CCBr.CCBr. The van der Waals surface area contributed by atoms with Crippen molar-refractivity contribution in [2.75, 3.05) is 10.7 Å². The average molecular weight is 218 g/mol. The smallest absolute Gasteiger partial charge is 0.000281 e. The molecule has 0 bridgehead atoms. The zero-order valence-corrected chi connectivity index (χ0v) is 7.34. The van der Waals surface area contributed by atoms with Crippen molar-refractivity contribution in [3.05, 3.63) is 0 Å². The Kier molecular flexibility index (Phi) is 28.0. The summed E-state index contributed by atoms with van der Waals surface area (Å²) in [6.07, 6.45) is 0. The lowest BCUT2D eigenvalue weighted by molar-refractivity contribution is 1.56. The highest BCUT2D eigenvalue weighted by Gasteiger charge is 1.38. The molecule has 0 atom stereocenters. The van der Waals surface area contributed by atoms with E-state index in [4.69, 9.17) is 0 Å². The quantitative estimate of drug-likeness (QED) is 0.548. The van der Waals surface area contributed by atoms with Gasteiger partial charge in [-0.25, -0.2) is 0 Å². The lowest BCUT2D eigenvalue weighted by atomic mass is 11.0. The Bertz CT molecular complexity index is 7.51. The van der Waals surface area contributed by atoms with Gasteiger partial charge in [-0.15, -0.1) is 0 Å². The van der Waals surface area contributed by atoms with Crippen LogP contribution in [0.25, 0.3) is 0 Å². The minimum Gasteiger partial charge on any atom is -0.0931 e. The summed E-state index contributed by atoms with van der Waals surface area (Å²) in [4.78, 5) is 0. The van der Waals surface area contributed by atoms with E-state index < -0.39 is 0 Å². The molecule has 0 heterocycles. The van der Waals surface area contributed by atoms with Gasteiger partial charge in [0.15, 0.2) is 0 Å². The van der Waals surface area contributed by atoms with Crippen LogP contribution < -0.4 is 0 Å². The molecule has 0 aromatic rings. The Morgan fingerprint density at radius 2 is 1.00 bits per heavy atom. The fraction of sp³-hybridized carbons (Fsp3) is 1.00. The number of hydrogen-bond donors (Lipinski definition) is 0. The first-order valence-corrected chi connectivity index (χ1v) is 4.19. The van der Waals surface area contributed by atoms with Gasteiger partial charge in [-0.3, -0.25) is 0 Å². The maximum atomic E-state index is 3.15. The van der Waals surface area contributed by atoms with Gasteiger partial charge in [0.2, 0.25) is 0 Å². The number of halogens is 2. The van der Waals surface area contributed by atoms with E-state index in [-0.39, 0.29) is 0 Å². The first-order valence-electron chi connectivity index (χ1n) is 1.95. The maximum absolute atomic E-state index is 3.15. The Hall–Kier alpha value is 0.960. The number of hydrogen-bond acceptors (Lipinski definition) is 0. The van der Waals surface area contributed by atoms with E-state index in [9.17, 15) is 0 Å². The minimum atomic E-state index is 1.06. The van der Waals surface area contributed by atoms with Gasteiger partial charge in [0.25, 0.3) is 0 Å². The van der Waals surface area contributed by atoms with Crippen LogP contribution >= 0.6 is 31.9 Å². The molecule has 0 fully saturated rings. The van der Waals surface area contributed by atoms with Gasteiger partial charge in [-0.2, -0.15) is 0 Å². The Morgan fingerprint density at radius 3 is 1.00 bits per heavy atom. The third kappa shape index (κ3) is 84.4. The van der Waals surface area contributed by atoms with Gasteiger partial charge in [0, 0.05) is 10.7 Å². The summed E-state index contributed by atoms with van der Waals surface area (Å²) >= 11 is 6.29. The molecule has 0 aromatic carbocycles. The molecule has 0 aliphatic rings. The van der Waals surface area contributed by atoms with Gasteiger partial charge < -0.3 is 0 Å². The molecule has 0 aliphatic heterocycles. The standard InChI is InChI=1S/2C2H5Br/c2*1-2-3/h2*2H2,1H3. The second kappa shape index (κ2) is 16.7. The third-order valence-electron chi connectivity index (χ3n) is 0. The first kappa shape index (κ1) is 10.0. The van der Waals surface area contributed by atoms with E-state index >= 15 is 0 Å². The molecule has 2 heteroatoms. The second-order valence-corrected chi connectivity index (χ2v) is 2.78. The summed E-state index contributed by atoms with van der Waals surface area (Å²) in [5.41, 5.74) is 0. The van der Waals surface area contributed by atoms with Crippen LogP contribution in [0, 0.1) is 0 Å². The second-order valence-electron chi connectivity index (χ2n) is 0.535. The molecule has 0 saturated heterocycles. The number of alkyl halides is 2. The van der Waals surface area contributed by atoms with Crippen LogP contribution in [0.4, 0.5) is 0 Å². The molecule has 0 saturated carbocycles. The monoisotopic (exact) mass is 216 g/mol. The van der Waals surface area contributed by atoms with Crippen molar-refractivity contribution >= 4 is 31.9 Å². The lowest BCUT2D eigenvalue weighted by Crippen LogP contribution is -1.34. The maximum Gasteiger partial charge on any atom is 0.000281 e. The van der Waals surface area contributed by atoms with Crippen LogP contribution in [-0.2, 0) is 0 Å². The predicted octanol–water partition coefficient (Wildman–Crippen LogP) is 2.80. The molecular weight excluding hydrogens is 208 g/mol. The lowest BCUT2D eigenvalue weighted by Gasteiger charge is -1.45. The van der Waals surface area contributed by atoms with E-state index in [1.165, 1.54) is 0 Å². The molecule has 0 aromatic heterocycles. The van der Waals surface area contributed by atoms with Gasteiger partial charge >= 0.3 is 0 Å². The molecule has 0 N–H and O–H groups in total.